The molecule has 3 rings (SSSR count). The van der Waals surface area contributed by atoms with Crippen molar-refractivity contribution < 1.29 is 0 Å². The van der Waals surface area contributed by atoms with Crippen molar-refractivity contribution in [3.05, 3.63) is 72.1 Å². The van der Waals surface area contributed by atoms with Crippen molar-refractivity contribution in [1.82, 2.24) is 9.97 Å². The standard InChI is InChI=1S/C16H12ClN3/c17-15-16(19-11-10-18-15)20-14-9-5-4-8-13(14)12-6-2-1-3-7-12/h1-11H,(H,19,20). The SMILES string of the molecule is Clc1nccnc1Nc1ccccc1-c1ccccc1. The number of anilines is 2. The molecule has 4 heteroatoms. The molecule has 3 nitrogen and oxygen atoms in total. The molecule has 0 saturated heterocycles. The Hall–Kier alpha value is -2.39. The molecule has 2 aromatic carbocycles. The molecule has 0 bridgehead atoms. The second kappa shape index (κ2) is 5.72. The number of rotatable bonds is 3. The molecular weight excluding hydrogens is 270 g/mol. The first kappa shape index (κ1) is 12.6. The van der Waals surface area contributed by atoms with Crippen LogP contribution >= 0.6 is 11.6 Å². The predicted octanol–water partition coefficient (Wildman–Crippen LogP) is 4.54. The number of benzene rings is 2. The van der Waals surface area contributed by atoms with Crippen molar-refractivity contribution >= 4 is 23.1 Å². The molecule has 0 spiro atoms. The zero-order chi connectivity index (χ0) is 13.8. The van der Waals surface area contributed by atoms with Gasteiger partial charge in [0.25, 0.3) is 0 Å². The van der Waals surface area contributed by atoms with E-state index in [4.69, 9.17) is 11.6 Å². The maximum Gasteiger partial charge on any atom is 0.171 e. The van der Waals surface area contributed by atoms with Gasteiger partial charge in [-0.1, -0.05) is 60.1 Å². The van der Waals surface area contributed by atoms with E-state index >= 15 is 0 Å². The van der Waals surface area contributed by atoms with Crippen LogP contribution < -0.4 is 5.32 Å². The van der Waals surface area contributed by atoms with Crippen LogP contribution in [0, 0.1) is 0 Å². The van der Waals surface area contributed by atoms with Crippen LogP contribution in [0.25, 0.3) is 11.1 Å². The average molecular weight is 282 g/mol. The van der Waals surface area contributed by atoms with Gasteiger partial charge < -0.3 is 5.32 Å². The van der Waals surface area contributed by atoms with Crippen molar-refractivity contribution in [2.24, 2.45) is 0 Å². The molecule has 0 aliphatic rings. The Morgan fingerprint density at radius 3 is 2.30 bits per heavy atom. The number of nitrogens with one attached hydrogen (secondary N) is 1. The molecule has 0 amide bonds. The van der Waals surface area contributed by atoms with Crippen LogP contribution in [0.3, 0.4) is 0 Å². The van der Waals surface area contributed by atoms with Gasteiger partial charge in [-0.3, -0.25) is 0 Å². The smallest absolute Gasteiger partial charge is 0.171 e. The Morgan fingerprint density at radius 1 is 0.800 bits per heavy atom. The van der Waals surface area contributed by atoms with E-state index in [2.05, 4.69) is 33.5 Å². The lowest BCUT2D eigenvalue weighted by molar-refractivity contribution is 1.20. The zero-order valence-corrected chi connectivity index (χ0v) is 11.4. The van der Waals surface area contributed by atoms with Crippen molar-refractivity contribution in [3.8, 4) is 11.1 Å². The minimum atomic E-state index is 0.357. The first-order chi connectivity index (χ1) is 9.84. The quantitative estimate of drug-likeness (QED) is 0.766. The fourth-order valence-corrected chi connectivity index (χ4v) is 2.15. The number of para-hydroxylation sites is 1. The summed E-state index contributed by atoms with van der Waals surface area (Å²) in [7, 11) is 0. The van der Waals surface area contributed by atoms with Crippen molar-refractivity contribution in [2.45, 2.75) is 0 Å². The fraction of sp³-hybridized carbons (Fsp3) is 0. The molecule has 0 aliphatic carbocycles. The number of hydrogen-bond donors (Lipinski definition) is 1. The third-order valence-corrected chi connectivity index (χ3v) is 3.20. The van der Waals surface area contributed by atoms with E-state index in [0.717, 1.165) is 16.8 Å². The lowest BCUT2D eigenvalue weighted by Gasteiger charge is -2.12. The second-order valence-corrected chi connectivity index (χ2v) is 4.59. The third-order valence-electron chi connectivity index (χ3n) is 2.92. The average Bonchev–Trinajstić information content (AvgIpc) is 2.51. The summed E-state index contributed by atoms with van der Waals surface area (Å²) in [4.78, 5) is 8.22. The summed E-state index contributed by atoms with van der Waals surface area (Å²) in [6, 6.07) is 18.2. The Balaban J connectivity index is 2.01. The minimum absolute atomic E-state index is 0.357. The number of halogens is 1. The third kappa shape index (κ3) is 2.63. The van der Waals surface area contributed by atoms with Crippen LogP contribution in [-0.2, 0) is 0 Å². The number of nitrogens with zero attached hydrogens (tertiary/aromatic N) is 2. The Morgan fingerprint density at radius 2 is 1.50 bits per heavy atom. The molecule has 0 saturated carbocycles. The first-order valence-electron chi connectivity index (χ1n) is 6.22. The van der Waals surface area contributed by atoms with Gasteiger partial charge in [0.2, 0.25) is 0 Å². The summed E-state index contributed by atoms with van der Waals surface area (Å²) < 4.78 is 0. The van der Waals surface area contributed by atoms with Gasteiger partial charge in [0.1, 0.15) is 0 Å². The Labute approximate surface area is 122 Å². The van der Waals surface area contributed by atoms with Gasteiger partial charge in [0.15, 0.2) is 11.0 Å². The van der Waals surface area contributed by atoms with Gasteiger partial charge >= 0.3 is 0 Å². The highest BCUT2D eigenvalue weighted by atomic mass is 35.5. The Bertz CT molecular complexity index is 714. The highest BCUT2D eigenvalue weighted by Crippen LogP contribution is 2.30. The lowest BCUT2D eigenvalue weighted by Crippen LogP contribution is -1.97. The maximum atomic E-state index is 6.04. The van der Waals surface area contributed by atoms with E-state index in [9.17, 15) is 0 Å². The Kier molecular flexibility index (Phi) is 3.61. The first-order valence-corrected chi connectivity index (χ1v) is 6.60. The minimum Gasteiger partial charge on any atom is -0.337 e. The summed E-state index contributed by atoms with van der Waals surface area (Å²) in [5, 5.41) is 3.59. The maximum absolute atomic E-state index is 6.04. The van der Waals surface area contributed by atoms with E-state index < -0.39 is 0 Å². The highest BCUT2D eigenvalue weighted by molar-refractivity contribution is 6.31. The molecular formula is C16H12ClN3. The molecule has 0 unspecified atom stereocenters. The largest absolute Gasteiger partial charge is 0.337 e. The predicted molar refractivity (Wildman–Crippen MR) is 82.2 cm³/mol. The van der Waals surface area contributed by atoms with Crippen LogP contribution in [0.2, 0.25) is 5.15 Å². The summed E-state index contributed by atoms with van der Waals surface area (Å²) in [5.41, 5.74) is 3.17. The van der Waals surface area contributed by atoms with Crippen LogP contribution in [-0.4, -0.2) is 9.97 Å². The molecule has 0 radical (unpaired) electrons. The summed E-state index contributed by atoms with van der Waals surface area (Å²) >= 11 is 6.04. The molecule has 3 aromatic rings. The molecule has 20 heavy (non-hydrogen) atoms. The van der Waals surface area contributed by atoms with Gasteiger partial charge in [0.05, 0.1) is 0 Å². The van der Waals surface area contributed by atoms with E-state index in [1.807, 2.05) is 36.4 Å². The van der Waals surface area contributed by atoms with Gasteiger partial charge in [-0.2, -0.15) is 0 Å². The molecule has 0 aliphatic heterocycles. The van der Waals surface area contributed by atoms with Crippen molar-refractivity contribution in [3.63, 3.8) is 0 Å². The summed E-state index contributed by atoms with van der Waals surface area (Å²) in [5.74, 6) is 0.553. The molecule has 1 N–H and O–H groups in total. The molecule has 0 fully saturated rings. The number of aromatic nitrogens is 2. The molecule has 1 aromatic heterocycles. The second-order valence-electron chi connectivity index (χ2n) is 4.23. The highest BCUT2D eigenvalue weighted by Gasteiger charge is 2.07. The van der Waals surface area contributed by atoms with Crippen molar-refractivity contribution in [2.75, 3.05) is 5.32 Å². The monoisotopic (exact) mass is 281 g/mol. The molecule has 98 valence electrons. The van der Waals surface area contributed by atoms with E-state index in [1.165, 1.54) is 0 Å². The normalized spacial score (nSPS) is 10.2. The van der Waals surface area contributed by atoms with Gasteiger partial charge in [-0.15, -0.1) is 0 Å². The van der Waals surface area contributed by atoms with Crippen LogP contribution in [0.5, 0.6) is 0 Å². The lowest BCUT2D eigenvalue weighted by atomic mass is 10.0. The van der Waals surface area contributed by atoms with Crippen LogP contribution in [0.1, 0.15) is 0 Å². The summed E-state index contributed by atoms with van der Waals surface area (Å²) in [6.45, 7) is 0. The van der Waals surface area contributed by atoms with Gasteiger partial charge in [-0.05, 0) is 11.6 Å². The van der Waals surface area contributed by atoms with Gasteiger partial charge in [-0.25, -0.2) is 9.97 Å². The van der Waals surface area contributed by atoms with E-state index in [1.54, 1.807) is 12.4 Å². The molecule has 1 heterocycles. The number of hydrogen-bond acceptors (Lipinski definition) is 3. The van der Waals surface area contributed by atoms with Crippen LogP contribution in [0.4, 0.5) is 11.5 Å². The summed E-state index contributed by atoms with van der Waals surface area (Å²) in [6.07, 6.45) is 3.18. The fourth-order valence-electron chi connectivity index (χ4n) is 1.99. The zero-order valence-electron chi connectivity index (χ0n) is 10.6. The van der Waals surface area contributed by atoms with Crippen molar-refractivity contribution in [1.29, 1.82) is 0 Å². The van der Waals surface area contributed by atoms with Crippen LogP contribution in [0.15, 0.2) is 67.0 Å². The van der Waals surface area contributed by atoms with E-state index in [-0.39, 0.29) is 0 Å². The van der Waals surface area contributed by atoms with Gasteiger partial charge in [0, 0.05) is 23.6 Å². The topological polar surface area (TPSA) is 37.8 Å². The van der Waals surface area contributed by atoms with E-state index in [0.29, 0.717) is 11.0 Å². The molecule has 0 atom stereocenters.